The predicted molar refractivity (Wildman–Crippen MR) is 89.1 cm³/mol. The zero-order chi connectivity index (χ0) is 16.1. The first-order valence-electron chi connectivity index (χ1n) is 8.38. The zero-order valence-corrected chi connectivity index (χ0v) is 14.2. The lowest BCUT2D eigenvalue weighted by molar-refractivity contribution is -0.130. The van der Waals surface area contributed by atoms with Crippen molar-refractivity contribution in [1.82, 2.24) is 14.9 Å². The van der Waals surface area contributed by atoms with Gasteiger partial charge in [-0.15, -0.1) is 0 Å². The molecule has 1 saturated heterocycles. The van der Waals surface area contributed by atoms with Crippen LogP contribution in [0.15, 0.2) is 6.07 Å². The molecule has 1 aliphatic rings. The average Bonchev–Trinajstić information content (AvgIpc) is 2.53. The Kier molecular flexibility index (Phi) is 5.75. The van der Waals surface area contributed by atoms with Crippen molar-refractivity contribution in [2.45, 2.75) is 58.8 Å². The number of nitrogens with zero attached hydrogens (tertiary/aromatic N) is 3. The number of nitrogens with one attached hydrogen (secondary N) is 1. The van der Waals surface area contributed by atoms with E-state index in [0.717, 1.165) is 43.3 Å². The van der Waals surface area contributed by atoms with Gasteiger partial charge in [0.05, 0.1) is 6.54 Å². The molecule has 0 spiro atoms. The van der Waals surface area contributed by atoms with Crippen molar-refractivity contribution >= 4 is 11.7 Å². The number of likely N-dealkylation sites (tertiary alicyclic amines) is 1. The highest BCUT2D eigenvalue weighted by Crippen LogP contribution is 2.19. The fraction of sp³-hybridized carbons (Fsp3) is 0.706. The Balaban J connectivity index is 2.03. The summed E-state index contributed by atoms with van der Waals surface area (Å²) in [5.41, 5.74) is 1.02. The summed E-state index contributed by atoms with van der Waals surface area (Å²) in [5.74, 6) is 2.37. The Morgan fingerprint density at radius 3 is 2.41 bits per heavy atom. The van der Waals surface area contributed by atoms with Crippen LogP contribution in [-0.4, -0.2) is 40.4 Å². The molecule has 2 rings (SSSR count). The molecule has 0 radical (unpaired) electrons. The van der Waals surface area contributed by atoms with Gasteiger partial charge in [0.2, 0.25) is 5.91 Å². The third-order valence-corrected chi connectivity index (χ3v) is 4.00. The molecule has 122 valence electrons. The van der Waals surface area contributed by atoms with E-state index < -0.39 is 0 Å². The Morgan fingerprint density at radius 1 is 1.14 bits per heavy atom. The molecule has 5 heteroatoms. The maximum atomic E-state index is 12.2. The van der Waals surface area contributed by atoms with E-state index in [9.17, 15) is 4.79 Å². The molecule has 0 aromatic carbocycles. The third-order valence-electron chi connectivity index (χ3n) is 4.00. The predicted octanol–water partition coefficient (Wildman–Crippen LogP) is 3.15. The van der Waals surface area contributed by atoms with Crippen LogP contribution in [0.1, 0.15) is 70.3 Å². The van der Waals surface area contributed by atoms with E-state index in [2.05, 4.69) is 43.0 Å². The molecule has 1 aromatic heterocycles. The van der Waals surface area contributed by atoms with E-state index >= 15 is 0 Å². The van der Waals surface area contributed by atoms with Crippen LogP contribution in [-0.2, 0) is 4.79 Å². The Hall–Kier alpha value is -1.65. The standard InChI is InChI=1S/C17H28N4O/c1-12(2)14-10-15(20-17(19-14)13(3)4)18-11-16(22)21-8-6-5-7-9-21/h10,12-13H,5-9,11H2,1-4H3,(H,18,19,20). The Labute approximate surface area is 133 Å². The van der Waals surface area contributed by atoms with Crippen molar-refractivity contribution in [2.75, 3.05) is 25.0 Å². The first kappa shape index (κ1) is 16.7. The molecule has 1 fully saturated rings. The van der Waals surface area contributed by atoms with Crippen LogP contribution in [0.25, 0.3) is 0 Å². The van der Waals surface area contributed by atoms with Gasteiger partial charge in [-0.2, -0.15) is 0 Å². The number of carbonyl (C=O) groups is 1. The smallest absolute Gasteiger partial charge is 0.241 e. The molecule has 0 unspecified atom stereocenters. The lowest BCUT2D eigenvalue weighted by Gasteiger charge is -2.26. The minimum absolute atomic E-state index is 0.163. The van der Waals surface area contributed by atoms with Crippen molar-refractivity contribution in [1.29, 1.82) is 0 Å². The molecule has 5 nitrogen and oxygen atoms in total. The summed E-state index contributed by atoms with van der Waals surface area (Å²) in [5, 5.41) is 3.19. The van der Waals surface area contributed by atoms with E-state index in [-0.39, 0.29) is 11.8 Å². The van der Waals surface area contributed by atoms with Gasteiger partial charge in [-0.25, -0.2) is 9.97 Å². The first-order chi connectivity index (χ1) is 10.5. The van der Waals surface area contributed by atoms with Crippen LogP contribution in [0.5, 0.6) is 0 Å². The van der Waals surface area contributed by atoms with Crippen molar-refractivity contribution in [3.05, 3.63) is 17.6 Å². The number of aromatic nitrogens is 2. The summed E-state index contributed by atoms with van der Waals surface area (Å²) in [6.07, 6.45) is 3.47. The van der Waals surface area contributed by atoms with Gasteiger partial charge in [0, 0.05) is 30.8 Å². The highest BCUT2D eigenvalue weighted by atomic mass is 16.2. The monoisotopic (exact) mass is 304 g/mol. The topological polar surface area (TPSA) is 58.1 Å². The summed E-state index contributed by atoms with van der Waals surface area (Å²) < 4.78 is 0. The van der Waals surface area contributed by atoms with Crippen LogP contribution in [0.2, 0.25) is 0 Å². The summed E-state index contributed by atoms with van der Waals surface area (Å²) >= 11 is 0. The number of piperidine rings is 1. The number of rotatable bonds is 5. The quantitative estimate of drug-likeness (QED) is 0.908. The molecule has 22 heavy (non-hydrogen) atoms. The molecule has 1 aliphatic heterocycles. The van der Waals surface area contributed by atoms with Gasteiger partial charge in [-0.1, -0.05) is 27.7 Å². The maximum Gasteiger partial charge on any atom is 0.241 e. The Bertz CT molecular complexity index is 481. The first-order valence-corrected chi connectivity index (χ1v) is 8.38. The SMILES string of the molecule is CC(C)c1cc(NCC(=O)N2CCCCC2)nc(C(C)C)n1. The van der Waals surface area contributed by atoms with Gasteiger partial charge in [0.15, 0.2) is 0 Å². The van der Waals surface area contributed by atoms with Gasteiger partial charge in [-0.05, 0) is 25.2 Å². The molecule has 0 saturated carbocycles. The minimum atomic E-state index is 0.163. The van der Waals surface area contributed by atoms with E-state index in [4.69, 9.17) is 0 Å². The maximum absolute atomic E-state index is 12.2. The van der Waals surface area contributed by atoms with Crippen molar-refractivity contribution in [2.24, 2.45) is 0 Å². The molecule has 1 amide bonds. The molecule has 0 atom stereocenters. The zero-order valence-electron chi connectivity index (χ0n) is 14.2. The third kappa shape index (κ3) is 4.42. The number of amides is 1. The average molecular weight is 304 g/mol. The summed E-state index contributed by atoms with van der Waals surface area (Å²) in [6.45, 7) is 10.5. The summed E-state index contributed by atoms with van der Waals surface area (Å²) in [7, 11) is 0. The number of hydrogen-bond acceptors (Lipinski definition) is 4. The van der Waals surface area contributed by atoms with Crippen molar-refractivity contribution < 1.29 is 4.79 Å². The van der Waals surface area contributed by atoms with E-state index in [1.165, 1.54) is 6.42 Å². The molecule has 2 heterocycles. The number of carbonyl (C=O) groups excluding carboxylic acids is 1. The van der Waals surface area contributed by atoms with Crippen LogP contribution >= 0.6 is 0 Å². The molecule has 0 bridgehead atoms. The van der Waals surface area contributed by atoms with Gasteiger partial charge >= 0.3 is 0 Å². The van der Waals surface area contributed by atoms with Gasteiger partial charge in [0.25, 0.3) is 0 Å². The number of anilines is 1. The fourth-order valence-corrected chi connectivity index (χ4v) is 2.55. The second-order valence-corrected chi connectivity index (χ2v) is 6.64. The highest BCUT2D eigenvalue weighted by Gasteiger charge is 2.17. The van der Waals surface area contributed by atoms with Crippen molar-refractivity contribution in [3.8, 4) is 0 Å². The molecular formula is C17H28N4O. The largest absolute Gasteiger partial charge is 0.361 e. The van der Waals surface area contributed by atoms with E-state index in [1.807, 2.05) is 11.0 Å². The molecule has 0 aliphatic carbocycles. The van der Waals surface area contributed by atoms with Crippen LogP contribution < -0.4 is 5.32 Å². The number of hydrogen-bond donors (Lipinski definition) is 1. The summed E-state index contributed by atoms with van der Waals surface area (Å²) in [4.78, 5) is 23.3. The van der Waals surface area contributed by atoms with Gasteiger partial charge in [-0.3, -0.25) is 4.79 Å². The minimum Gasteiger partial charge on any atom is -0.361 e. The normalized spacial score (nSPS) is 15.5. The lowest BCUT2D eigenvalue weighted by atomic mass is 10.1. The van der Waals surface area contributed by atoms with Crippen LogP contribution in [0, 0.1) is 0 Å². The van der Waals surface area contributed by atoms with Crippen LogP contribution in [0.4, 0.5) is 5.82 Å². The van der Waals surface area contributed by atoms with Gasteiger partial charge in [0.1, 0.15) is 11.6 Å². The lowest BCUT2D eigenvalue weighted by Crippen LogP contribution is -2.39. The molecular weight excluding hydrogens is 276 g/mol. The van der Waals surface area contributed by atoms with E-state index in [1.54, 1.807) is 0 Å². The highest BCUT2D eigenvalue weighted by molar-refractivity contribution is 5.80. The fourth-order valence-electron chi connectivity index (χ4n) is 2.55. The van der Waals surface area contributed by atoms with Crippen LogP contribution in [0.3, 0.4) is 0 Å². The van der Waals surface area contributed by atoms with Gasteiger partial charge < -0.3 is 10.2 Å². The second-order valence-electron chi connectivity index (χ2n) is 6.64. The molecule has 1 aromatic rings. The van der Waals surface area contributed by atoms with E-state index in [0.29, 0.717) is 12.5 Å². The second kappa shape index (κ2) is 7.56. The summed E-state index contributed by atoms with van der Waals surface area (Å²) in [6, 6.07) is 1.96. The Morgan fingerprint density at radius 2 is 1.82 bits per heavy atom. The molecule has 1 N–H and O–H groups in total. The van der Waals surface area contributed by atoms with Crippen molar-refractivity contribution in [3.63, 3.8) is 0 Å².